The van der Waals surface area contributed by atoms with Crippen molar-refractivity contribution in [3.05, 3.63) is 40.1 Å². The second kappa shape index (κ2) is 9.51. The molecule has 0 radical (unpaired) electrons. The van der Waals surface area contributed by atoms with Gasteiger partial charge in [0.05, 0.1) is 34.5 Å². The molecule has 1 aromatic carbocycles. The first-order chi connectivity index (χ1) is 14.5. The number of anilines is 1. The predicted octanol–water partition coefficient (Wildman–Crippen LogP) is 3.58. The summed E-state index contributed by atoms with van der Waals surface area (Å²) in [5.74, 6) is 0.588. The van der Waals surface area contributed by atoms with Gasteiger partial charge in [-0.3, -0.25) is 4.68 Å². The van der Waals surface area contributed by atoms with Crippen LogP contribution in [0.1, 0.15) is 43.7 Å². The summed E-state index contributed by atoms with van der Waals surface area (Å²) in [6.45, 7) is 0.557. The zero-order valence-corrected chi connectivity index (χ0v) is 17.9. The maximum atomic E-state index is 12.3. The van der Waals surface area contributed by atoms with Gasteiger partial charge in [0.25, 0.3) is 0 Å². The standard InChI is InChI=1S/C20H25Cl2N5O3/c21-15-5-3-13(9-16(15)22)23-20(29)24-17-6-4-14(30-19(17)11-28)7-8-27-10-18(25-26-27)12-1-2-12/h3,5,9-10,12,14,17,19,28H,1-2,4,6-8,11H2,(H2,23,24,29)/t14-,17+,19-/m0/s1. The van der Waals surface area contributed by atoms with Crippen LogP contribution < -0.4 is 10.6 Å². The van der Waals surface area contributed by atoms with Crippen molar-refractivity contribution in [2.24, 2.45) is 0 Å². The molecule has 2 aromatic rings. The number of ether oxygens (including phenoxy) is 1. The molecule has 1 aliphatic carbocycles. The quantitative estimate of drug-likeness (QED) is 0.594. The zero-order valence-electron chi connectivity index (χ0n) is 16.4. The molecule has 2 amide bonds. The highest BCUT2D eigenvalue weighted by molar-refractivity contribution is 6.42. The molecule has 162 valence electrons. The maximum absolute atomic E-state index is 12.3. The molecule has 0 unspecified atom stereocenters. The third-order valence-corrected chi connectivity index (χ3v) is 6.26. The van der Waals surface area contributed by atoms with Gasteiger partial charge in [0.1, 0.15) is 6.10 Å². The fourth-order valence-electron chi connectivity index (χ4n) is 3.68. The van der Waals surface area contributed by atoms with E-state index in [-0.39, 0.29) is 24.8 Å². The SMILES string of the molecule is O=C(Nc1ccc(Cl)c(Cl)c1)N[C@@H]1CC[C@@H](CCn2cc(C3CC3)nn2)O[C@H]1CO. The molecule has 1 saturated heterocycles. The van der Waals surface area contributed by atoms with E-state index in [1.54, 1.807) is 18.2 Å². The number of amides is 2. The minimum atomic E-state index is -0.457. The largest absolute Gasteiger partial charge is 0.394 e. The normalized spacial score (nSPS) is 23.9. The number of hydrogen-bond acceptors (Lipinski definition) is 5. The van der Waals surface area contributed by atoms with E-state index in [1.807, 2.05) is 10.9 Å². The number of rotatable bonds is 7. The lowest BCUT2D eigenvalue weighted by Gasteiger charge is -2.36. The minimum absolute atomic E-state index is 0.00640. The van der Waals surface area contributed by atoms with Gasteiger partial charge in [-0.1, -0.05) is 28.4 Å². The fraction of sp³-hybridized carbons (Fsp3) is 0.550. The molecule has 3 N–H and O–H groups in total. The monoisotopic (exact) mass is 453 g/mol. The van der Waals surface area contributed by atoms with Crippen LogP contribution in [0.3, 0.4) is 0 Å². The van der Waals surface area contributed by atoms with E-state index >= 15 is 0 Å². The molecule has 30 heavy (non-hydrogen) atoms. The van der Waals surface area contributed by atoms with Crippen LogP contribution in [0.25, 0.3) is 0 Å². The van der Waals surface area contributed by atoms with Crippen LogP contribution in [0.5, 0.6) is 0 Å². The summed E-state index contributed by atoms with van der Waals surface area (Å²) in [5.41, 5.74) is 1.61. The van der Waals surface area contributed by atoms with E-state index in [0.29, 0.717) is 21.7 Å². The minimum Gasteiger partial charge on any atom is -0.394 e. The van der Waals surface area contributed by atoms with Crippen molar-refractivity contribution in [2.45, 2.75) is 62.8 Å². The summed E-state index contributed by atoms with van der Waals surface area (Å²) >= 11 is 11.9. The first-order valence-electron chi connectivity index (χ1n) is 10.2. The van der Waals surface area contributed by atoms with Crippen LogP contribution >= 0.6 is 23.2 Å². The Bertz CT molecular complexity index is 889. The zero-order chi connectivity index (χ0) is 21.1. The molecule has 8 nitrogen and oxygen atoms in total. The summed E-state index contributed by atoms with van der Waals surface area (Å²) in [5, 5.41) is 24.6. The first-order valence-corrected chi connectivity index (χ1v) is 11.0. The summed E-state index contributed by atoms with van der Waals surface area (Å²) in [4.78, 5) is 12.3. The Kier molecular flexibility index (Phi) is 6.77. The number of halogens is 2. The van der Waals surface area contributed by atoms with Gasteiger partial charge in [0.15, 0.2) is 0 Å². The molecular formula is C20H25Cl2N5O3. The molecule has 1 saturated carbocycles. The molecule has 1 aliphatic heterocycles. The Balaban J connectivity index is 1.25. The third kappa shape index (κ3) is 5.43. The highest BCUT2D eigenvalue weighted by Gasteiger charge is 2.32. The molecule has 2 aliphatic rings. The lowest BCUT2D eigenvalue weighted by molar-refractivity contribution is -0.0905. The number of aliphatic hydroxyl groups is 1. The summed E-state index contributed by atoms with van der Waals surface area (Å²) in [6.07, 6.45) is 6.26. The molecule has 1 aromatic heterocycles. The van der Waals surface area contributed by atoms with E-state index < -0.39 is 6.10 Å². The van der Waals surface area contributed by atoms with Gasteiger partial charge in [0, 0.05) is 24.3 Å². The molecule has 2 heterocycles. The van der Waals surface area contributed by atoms with Crippen LogP contribution in [-0.4, -0.2) is 51.0 Å². The lowest BCUT2D eigenvalue weighted by Crippen LogP contribution is -2.52. The van der Waals surface area contributed by atoms with Crippen LogP contribution in [0, 0.1) is 0 Å². The number of aromatic nitrogens is 3. The number of aryl methyl sites for hydroxylation is 1. The van der Waals surface area contributed by atoms with Crippen molar-refractivity contribution < 1.29 is 14.6 Å². The van der Waals surface area contributed by atoms with Gasteiger partial charge in [-0.15, -0.1) is 5.10 Å². The first kappa shape index (κ1) is 21.4. The topological polar surface area (TPSA) is 101 Å². The van der Waals surface area contributed by atoms with E-state index in [0.717, 1.165) is 31.5 Å². The highest BCUT2D eigenvalue weighted by Crippen LogP contribution is 2.38. The van der Waals surface area contributed by atoms with Gasteiger partial charge in [-0.05, 0) is 50.3 Å². The van der Waals surface area contributed by atoms with Crippen molar-refractivity contribution in [3.63, 3.8) is 0 Å². The molecule has 10 heteroatoms. The Morgan fingerprint density at radius 3 is 2.80 bits per heavy atom. The van der Waals surface area contributed by atoms with Crippen molar-refractivity contribution in [1.29, 1.82) is 0 Å². The molecule has 0 bridgehead atoms. The average Bonchev–Trinajstić information content (AvgIpc) is 3.48. The number of carbonyl (C=O) groups is 1. The summed E-state index contributed by atoms with van der Waals surface area (Å²) in [7, 11) is 0. The van der Waals surface area contributed by atoms with Crippen LogP contribution in [0.2, 0.25) is 10.0 Å². The number of nitrogens with zero attached hydrogens (tertiary/aromatic N) is 3. The van der Waals surface area contributed by atoms with E-state index in [2.05, 4.69) is 20.9 Å². The summed E-state index contributed by atoms with van der Waals surface area (Å²) in [6, 6.07) is 4.21. The Hall–Kier alpha value is -1.87. The Morgan fingerprint density at radius 2 is 2.07 bits per heavy atom. The van der Waals surface area contributed by atoms with Crippen molar-refractivity contribution in [1.82, 2.24) is 20.3 Å². The van der Waals surface area contributed by atoms with Crippen molar-refractivity contribution >= 4 is 34.9 Å². The van der Waals surface area contributed by atoms with Crippen LogP contribution in [0.4, 0.5) is 10.5 Å². The lowest BCUT2D eigenvalue weighted by atomic mass is 9.97. The average molecular weight is 454 g/mol. The number of benzene rings is 1. The molecule has 4 rings (SSSR count). The van der Waals surface area contributed by atoms with Crippen LogP contribution in [-0.2, 0) is 11.3 Å². The van der Waals surface area contributed by atoms with Gasteiger partial charge in [-0.2, -0.15) is 0 Å². The third-order valence-electron chi connectivity index (χ3n) is 5.52. The smallest absolute Gasteiger partial charge is 0.319 e. The van der Waals surface area contributed by atoms with E-state index in [1.165, 1.54) is 12.8 Å². The molecule has 0 spiro atoms. The molecular weight excluding hydrogens is 429 g/mol. The van der Waals surface area contributed by atoms with Crippen molar-refractivity contribution in [2.75, 3.05) is 11.9 Å². The predicted molar refractivity (Wildman–Crippen MR) is 114 cm³/mol. The van der Waals surface area contributed by atoms with Crippen LogP contribution in [0.15, 0.2) is 24.4 Å². The molecule has 3 atom stereocenters. The molecule has 2 fully saturated rings. The second-order valence-corrected chi connectivity index (χ2v) is 8.67. The Labute approximate surface area is 184 Å². The number of urea groups is 1. The number of nitrogens with one attached hydrogen (secondary N) is 2. The van der Waals surface area contributed by atoms with E-state index in [9.17, 15) is 9.90 Å². The van der Waals surface area contributed by atoms with Gasteiger partial charge in [0.2, 0.25) is 0 Å². The number of hydrogen-bond donors (Lipinski definition) is 3. The second-order valence-electron chi connectivity index (χ2n) is 7.86. The van der Waals surface area contributed by atoms with E-state index in [4.69, 9.17) is 27.9 Å². The maximum Gasteiger partial charge on any atom is 0.319 e. The number of carbonyl (C=O) groups excluding carboxylic acids is 1. The van der Waals surface area contributed by atoms with Gasteiger partial charge < -0.3 is 20.5 Å². The van der Waals surface area contributed by atoms with Gasteiger partial charge in [-0.25, -0.2) is 4.79 Å². The van der Waals surface area contributed by atoms with Gasteiger partial charge >= 0.3 is 6.03 Å². The fourth-order valence-corrected chi connectivity index (χ4v) is 3.98. The Morgan fingerprint density at radius 1 is 1.23 bits per heavy atom. The number of aliphatic hydroxyl groups excluding tert-OH is 1. The van der Waals surface area contributed by atoms with Crippen molar-refractivity contribution in [3.8, 4) is 0 Å². The highest BCUT2D eigenvalue weighted by atomic mass is 35.5. The summed E-state index contributed by atoms with van der Waals surface area (Å²) < 4.78 is 7.89.